The molecule has 1 atom stereocenters. The average molecular weight is 241 g/mol. The molecule has 2 heteroatoms. The minimum atomic E-state index is 0.553. The van der Waals surface area contributed by atoms with Crippen molar-refractivity contribution in [3.63, 3.8) is 0 Å². The SMILES string of the molecule is c1cc2c3c(c1)ccn3[C@H](C1CCCCC1)CO2. The molecule has 0 N–H and O–H groups in total. The van der Waals surface area contributed by atoms with Gasteiger partial charge in [-0.1, -0.05) is 31.4 Å². The van der Waals surface area contributed by atoms with Crippen molar-refractivity contribution in [3.05, 3.63) is 30.5 Å². The fraction of sp³-hybridized carbons (Fsp3) is 0.500. The first kappa shape index (κ1) is 10.5. The molecule has 2 aromatic rings. The van der Waals surface area contributed by atoms with Crippen LogP contribution in [0.4, 0.5) is 0 Å². The molecule has 1 aromatic heterocycles. The van der Waals surface area contributed by atoms with Gasteiger partial charge in [0.05, 0.1) is 11.6 Å². The second-order valence-electron chi connectivity index (χ2n) is 5.69. The molecule has 2 aliphatic rings. The number of hydrogen-bond donors (Lipinski definition) is 0. The Morgan fingerprint density at radius 1 is 1.06 bits per heavy atom. The van der Waals surface area contributed by atoms with E-state index in [-0.39, 0.29) is 0 Å². The van der Waals surface area contributed by atoms with Crippen LogP contribution in [0.1, 0.15) is 38.1 Å². The fourth-order valence-corrected chi connectivity index (χ4v) is 3.72. The standard InChI is InChI=1S/C16H19NO/c1-2-5-12(6-3-1)14-11-18-15-8-4-7-13-9-10-17(14)16(13)15/h4,7-10,12,14H,1-3,5-6,11H2/t14-/m0/s1. The quantitative estimate of drug-likeness (QED) is 0.731. The summed E-state index contributed by atoms with van der Waals surface area (Å²) in [4.78, 5) is 0. The summed E-state index contributed by atoms with van der Waals surface area (Å²) in [5, 5.41) is 1.31. The van der Waals surface area contributed by atoms with Gasteiger partial charge in [0.25, 0.3) is 0 Å². The lowest BCUT2D eigenvalue weighted by molar-refractivity contribution is 0.158. The van der Waals surface area contributed by atoms with Gasteiger partial charge in [-0.05, 0) is 30.9 Å². The van der Waals surface area contributed by atoms with Gasteiger partial charge in [-0.3, -0.25) is 0 Å². The normalized spacial score (nSPS) is 24.1. The second kappa shape index (κ2) is 4.04. The van der Waals surface area contributed by atoms with Gasteiger partial charge < -0.3 is 9.30 Å². The lowest BCUT2D eigenvalue weighted by Gasteiger charge is -2.34. The molecule has 2 heterocycles. The molecular weight excluding hydrogens is 222 g/mol. The highest BCUT2D eigenvalue weighted by molar-refractivity contribution is 5.86. The maximum atomic E-state index is 6.00. The highest BCUT2D eigenvalue weighted by Gasteiger charge is 2.29. The zero-order valence-corrected chi connectivity index (χ0v) is 10.6. The number of para-hydroxylation sites is 1. The van der Waals surface area contributed by atoms with E-state index < -0.39 is 0 Å². The topological polar surface area (TPSA) is 14.2 Å². The first-order valence-electron chi connectivity index (χ1n) is 7.16. The van der Waals surface area contributed by atoms with Crippen molar-refractivity contribution >= 4 is 10.9 Å². The summed E-state index contributed by atoms with van der Waals surface area (Å²) in [6, 6.07) is 9.14. The van der Waals surface area contributed by atoms with E-state index in [1.807, 2.05) is 0 Å². The van der Waals surface area contributed by atoms with Crippen molar-refractivity contribution in [1.82, 2.24) is 4.57 Å². The summed E-state index contributed by atoms with van der Waals surface area (Å²) in [6.07, 6.45) is 9.21. The number of benzene rings is 1. The molecule has 0 bridgehead atoms. The van der Waals surface area contributed by atoms with Crippen LogP contribution in [0, 0.1) is 5.92 Å². The van der Waals surface area contributed by atoms with E-state index in [0.29, 0.717) is 6.04 Å². The Hall–Kier alpha value is -1.44. The smallest absolute Gasteiger partial charge is 0.143 e. The van der Waals surface area contributed by atoms with Gasteiger partial charge in [-0.25, -0.2) is 0 Å². The molecule has 1 aromatic carbocycles. The van der Waals surface area contributed by atoms with Crippen molar-refractivity contribution < 1.29 is 4.74 Å². The van der Waals surface area contributed by atoms with Crippen LogP contribution in [0.25, 0.3) is 10.9 Å². The van der Waals surface area contributed by atoms with Crippen LogP contribution in [-0.4, -0.2) is 11.2 Å². The van der Waals surface area contributed by atoms with Gasteiger partial charge in [0, 0.05) is 11.6 Å². The van der Waals surface area contributed by atoms with Crippen LogP contribution in [0.15, 0.2) is 30.5 Å². The Kier molecular flexibility index (Phi) is 2.35. The second-order valence-corrected chi connectivity index (χ2v) is 5.69. The summed E-state index contributed by atoms with van der Waals surface area (Å²) in [5.74, 6) is 1.87. The van der Waals surface area contributed by atoms with Crippen LogP contribution in [0.3, 0.4) is 0 Å². The van der Waals surface area contributed by atoms with Crippen molar-refractivity contribution in [2.75, 3.05) is 6.61 Å². The van der Waals surface area contributed by atoms with Crippen LogP contribution in [0.5, 0.6) is 5.75 Å². The van der Waals surface area contributed by atoms with E-state index in [2.05, 4.69) is 35.0 Å². The van der Waals surface area contributed by atoms with Crippen molar-refractivity contribution in [1.29, 1.82) is 0 Å². The van der Waals surface area contributed by atoms with Gasteiger partial charge in [0.15, 0.2) is 0 Å². The first-order valence-corrected chi connectivity index (χ1v) is 7.16. The Morgan fingerprint density at radius 3 is 2.83 bits per heavy atom. The van der Waals surface area contributed by atoms with E-state index in [1.165, 1.54) is 43.0 Å². The van der Waals surface area contributed by atoms with E-state index in [1.54, 1.807) is 0 Å². The molecule has 4 rings (SSSR count). The number of hydrogen-bond acceptors (Lipinski definition) is 1. The molecule has 1 saturated carbocycles. The molecule has 1 aliphatic heterocycles. The Bertz CT molecular complexity index is 565. The van der Waals surface area contributed by atoms with Crippen molar-refractivity contribution in [3.8, 4) is 5.75 Å². The molecule has 0 radical (unpaired) electrons. The molecule has 1 fully saturated rings. The number of aromatic nitrogens is 1. The van der Waals surface area contributed by atoms with Gasteiger partial charge in [0.2, 0.25) is 0 Å². The maximum Gasteiger partial charge on any atom is 0.143 e. The van der Waals surface area contributed by atoms with E-state index in [4.69, 9.17) is 4.74 Å². The largest absolute Gasteiger partial charge is 0.489 e. The van der Waals surface area contributed by atoms with Crippen molar-refractivity contribution in [2.24, 2.45) is 5.92 Å². The van der Waals surface area contributed by atoms with Gasteiger partial charge in [0.1, 0.15) is 12.4 Å². The summed E-state index contributed by atoms with van der Waals surface area (Å²) < 4.78 is 8.48. The molecule has 1 aliphatic carbocycles. The van der Waals surface area contributed by atoms with E-state index in [9.17, 15) is 0 Å². The van der Waals surface area contributed by atoms with Gasteiger partial charge in [-0.15, -0.1) is 0 Å². The molecule has 2 nitrogen and oxygen atoms in total. The maximum absolute atomic E-state index is 6.00. The molecule has 0 unspecified atom stereocenters. The minimum absolute atomic E-state index is 0.553. The van der Waals surface area contributed by atoms with Crippen molar-refractivity contribution in [2.45, 2.75) is 38.1 Å². The van der Waals surface area contributed by atoms with Crippen LogP contribution in [0.2, 0.25) is 0 Å². The summed E-state index contributed by atoms with van der Waals surface area (Å²) >= 11 is 0. The number of ether oxygens (including phenoxy) is 1. The Labute approximate surface area is 108 Å². The summed E-state index contributed by atoms with van der Waals surface area (Å²) in [6.45, 7) is 0.853. The van der Waals surface area contributed by atoms with Crippen LogP contribution >= 0.6 is 0 Å². The monoisotopic (exact) mass is 241 g/mol. The lowest BCUT2D eigenvalue weighted by Crippen LogP contribution is -2.29. The molecule has 0 saturated heterocycles. The highest BCUT2D eigenvalue weighted by Crippen LogP contribution is 2.40. The van der Waals surface area contributed by atoms with Gasteiger partial charge >= 0.3 is 0 Å². The Balaban J connectivity index is 1.78. The molecule has 94 valence electrons. The predicted octanol–water partition coefficient (Wildman–Crippen LogP) is 4.16. The fourth-order valence-electron chi connectivity index (χ4n) is 3.72. The lowest BCUT2D eigenvalue weighted by atomic mass is 9.83. The van der Waals surface area contributed by atoms with E-state index in [0.717, 1.165) is 18.3 Å². The molecule has 0 amide bonds. The third kappa shape index (κ3) is 1.48. The summed E-state index contributed by atoms with van der Waals surface area (Å²) in [5.41, 5.74) is 1.30. The van der Waals surface area contributed by atoms with E-state index >= 15 is 0 Å². The number of rotatable bonds is 1. The number of nitrogens with zero attached hydrogens (tertiary/aromatic N) is 1. The average Bonchev–Trinajstić information content (AvgIpc) is 2.87. The zero-order valence-electron chi connectivity index (χ0n) is 10.6. The summed E-state index contributed by atoms with van der Waals surface area (Å²) in [7, 11) is 0. The zero-order chi connectivity index (χ0) is 11.9. The third-order valence-corrected chi connectivity index (χ3v) is 4.66. The van der Waals surface area contributed by atoms with Crippen LogP contribution in [-0.2, 0) is 0 Å². The molecule has 0 spiro atoms. The molecular formula is C16H19NO. The third-order valence-electron chi connectivity index (χ3n) is 4.66. The molecule has 18 heavy (non-hydrogen) atoms. The predicted molar refractivity (Wildman–Crippen MR) is 73.0 cm³/mol. The minimum Gasteiger partial charge on any atom is -0.489 e. The van der Waals surface area contributed by atoms with Gasteiger partial charge in [-0.2, -0.15) is 0 Å². The first-order chi connectivity index (χ1) is 8.93. The van der Waals surface area contributed by atoms with Crippen LogP contribution < -0.4 is 4.74 Å². The Morgan fingerprint density at radius 2 is 1.94 bits per heavy atom. The highest BCUT2D eigenvalue weighted by atomic mass is 16.5.